The number of phenols is 1. The van der Waals surface area contributed by atoms with Gasteiger partial charge in [-0.05, 0) is 42.9 Å². The number of H-pyrrole nitrogens is 1. The number of aromatic nitrogens is 1. The first-order valence-corrected chi connectivity index (χ1v) is 13.1. The first-order valence-electron chi connectivity index (χ1n) is 13.1. The molecule has 210 valence electrons. The van der Waals surface area contributed by atoms with E-state index in [9.17, 15) is 39.3 Å². The van der Waals surface area contributed by atoms with Gasteiger partial charge in [0.1, 0.15) is 29.3 Å². The number of rotatable bonds is 5. The molecule has 0 bridgehead atoms. The fraction of sp³-hybridized carbons (Fsp3) is 0.156. The molecule has 10 heteroatoms. The number of ether oxygens (including phenoxy) is 1. The van der Waals surface area contributed by atoms with Gasteiger partial charge in [0, 0.05) is 17.3 Å². The van der Waals surface area contributed by atoms with Crippen LogP contribution >= 0.6 is 0 Å². The molecule has 1 heterocycles. The molecule has 42 heavy (non-hydrogen) atoms. The molecule has 1 spiro atoms. The van der Waals surface area contributed by atoms with Gasteiger partial charge in [0.15, 0.2) is 11.2 Å². The average Bonchev–Trinajstić information content (AvgIpc) is 3.44. The highest BCUT2D eigenvalue weighted by atomic mass is 16.5. The van der Waals surface area contributed by atoms with Crippen LogP contribution in [-0.4, -0.2) is 26.9 Å². The number of hydrogen-bond acceptors (Lipinski definition) is 9. The minimum Gasteiger partial charge on any atom is -0.510 e. The summed E-state index contributed by atoms with van der Waals surface area (Å²) in [4.78, 5) is 69.1. The lowest BCUT2D eigenvalue weighted by atomic mass is 9.78. The summed E-state index contributed by atoms with van der Waals surface area (Å²) in [7, 11) is 0. The molecule has 10 nitrogen and oxygen atoms in total. The zero-order valence-corrected chi connectivity index (χ0v) is 22.2. The van der Waals surface area contributed by atoms with E-state index in [1.54, 1.807) is 30.4 Å². The third kappa shape index (κ3) is 3.35. The summed E-state index contributed by atoms with van der Waals surface area (Å²) in [5.41, 5.74) is -5.89. The molecule has 1 aromatic heterocycles. The Morgan fingerprint density at radius 1 is 0.929 bits per heavy atom. The van der Waals surface area contributed by atoms with E-state index >= 15 is 0 Å². The van der Waals surface area contributed by atoms with Crippen molar-refractivity contribution in [1.82, 2.24) is 4.98 Å². The van der Waals surface area contributed by atoms with Gasteiger partial charge in [-0.2, -0.15) is 0 Å². The predicted octanol–water partition coefficient (Wildman–Crippen LogP) is 0.659. The summed E-state index contributed by atoms with van der Waals surface area (Å²) in [5, 5.41) is 32.1. The number of phenolic OH excluding ortho intramolecular Hbond substituents is 1. The van der Waals surface area contributed by atoms with Crippen molar-refractivity contribution >= 4 is 28.4 Å². The largest absolute Gasteiger partial charge is 0.510 e. The number of fused-ring (bicyclic) bond motifs is 4. The Labute approximate surface area is 234 Å². The number of aryl methyl sites for hydroxylation is 1. The quantitative estimate of drug-likeness (QED) is 0.200. The molecule has 4 aliphatic carbocycles. The summed E-state index contributed by atoms with van der Waals surface area (Å²) < 4.78 is 5.21. The van der Waals surface area contributed by atoms with E-state index in [4.69, 9.17) is 4.74 Å². The van der Waals surface area contributed by atoms with Crippen molar-refractivity contribution in [2.75, 3.05) is 6.61 Å². The molecule has 0 fully saturated rings. The number of aliphatic hydroxyl groups is 2. The fourth-order valence-electron chi connectivity index (χ4n) is 6.23. The summed E-state index contributed by atoms with van der Waals surface area (Å²) in [5.74, 6) is -2.49. The molecular formula is C32H23NO9. The SMILES string of the molecule is C=CCOc1cc(=O)c2c(=O)c3c(c(=O)c=2c1=O)=C(O)[C@]1(CCc2cc4cc(C=CC=CC)[nH]c(=O)c4c(O)c21)C=3O. The Morgan fingerprint density at radius 3 is 2.29 bits per heavy atom. The normalized spacial score (nSPS) is 17.7. The number of hydrogen-bond donors (Lipinski definition) is 4. The second-order valence-electron chi connectivity index (χ2n) is 10.2. The molecule has 0 saturated heterocycles. The molecular weight excluding hydrogens is 542 g/mol. The molecule has 0 amide bonds. The van der Waals surface area contributed by atoms with E-state index in [0.717, 1.165) is 6.07 Å². The summed E-state index contributed by atoms with van der Waals surface area (Å²) in [6, 6.07) is 4.10. The van der Waals surface area contributed by atoms with Crippen LogP contribution in [0.4, 0.5) is 0 Å². The van der Waals surface area contributed by atoms with Gasteiger partial charge in [-0.25, -0.2) is 0 Å². The zero-order valence-electron chi connectivity index (χ0n) is 22.2. The third-order valence-electron chi connectivity index (χ3n) is 7.99. The van der Waals surface area contributed by atoms with Gasteiger partial charge in [0.25, 0.3) is 5.56 Å². The van der Waals surface area contributed by atoms with E-state index in [2.05, 4.69) is 11.6 Å². The van der Waals surface area contributed by atoms with Gasteiger partial charge >= 0.3 is 0 Å². The van der Waals surface area contributed by atoms with Gasteiger partial charge in [-0.1, -0.05) is 36.9 Å². The molecule has 1 atom stereocenters. The van der Waals surface area contributed by atoms with Crippen LogP contribution in [0, 0.1) is 10.4 Å². The standard InChI is InChI=1S/C32H23NO9/c1-3-5-6-7-16-12-15-11-14-8-9-32(24(14)28(38)19(15)31(41)33-16)29(39)22-23(30(32)40)27(37)21-20(26(22)36)17(34)13-18(25(21)35)42-10-4-2/h3-7,11-13,38-40H,2,8-10H2,1H3,(H,33,41)/t32-/m0/s1. The minimum absolute atomic E-state index is 0.0357. The second kappa shape index (κ2) is 9.27. The Morgan fingerprint density at radius 2 is 1.62 bits per heavy atom. The fourth-order valence-corrected chi connectivity index (χ4v) is 6.23. The van der Waals surface area contributed by atoms with Crippen LogP contribution in [0.1, 0.15) is 30.2 Å². The smallest absolute Gasteiger partial charge is 0.260 e. The lowest BCUT2D eigenvalue weighted by Gasteiger charge is -2.27. The maximum Gasteiger partial charge on any atom is 0.260 e. The van der Waals surface area contributed by atoms with Crippen LogP contribution in [0.3, 0.4) is 0 Å². The van der Waals surface area contributed by atoms with E-state index < -0.39 is 76.6 Å². The molecule has 0 unspecified atom stereocenters. The van der Waals surface area contributed by atoms with Gasteiger partial charge in [0.05, 0.1) is 26.3 Å². The number of allylic oxidation sites excluding steroid dienone is 3. The lowest BCUT2D eigenvalue weighted by Crippen LogP contribution is -2.52. The number of benzene rings is 1. The average molecular weight is 566 g/mol. The number of aliphatic hydroxyl groups excluding tert-OH is 2. The van der Waals surface area contributed by atoms with Gasteiger partial charge in [-0.3, -0.25) is 24.0 Å². The van der Waals surface area contributed by atoms with Crippen molar-refractivity contribution in [2.24, 2.45) is 0 Å². The molecule has 1 aromatic carbocycles. The maximum atomic E-state index is 13.7. The van der Waals surface area contributed by atoms with Crippen LogP contribution in [0.2, 0.25) is 0 Å². The summed E-state index contributed by atoms with van der Waals surface area (Å²) >= 11 is 0. The number of nitrogens with one attached hydrogen (secondary N) is 1. The Balaban J connectivity index is 1.71. The minimum atomic E-state index is -1.95. The van der Waals surface area contributed by atoms with Crippen molar-refractivity contribution in [3.8, 4) is 11.5 Å². The van der Waals surface area contributed by atoms with Gasteiger partial charge in [-0.15, -0.1) is 0 Å². The highest BCUT2D eigenvalue weighted by Crippen LogP contribution is 2.54. The Hall–Kier alpha value is -5.51. The van der Waals surface area contributed by atoms with E-state index in [-0.39, 0.29) is 30.4 Å². The second-order valence-corrected chi connectivity index (χ2v) is 10.2. The number of aromatic amines is 1. The summed E-state index contributed by atoms with van der Waals surface area (Å²) in [6.07, 6.45) is 8.45. The molecule has 4 N–H and O–H groups in total. The van der Waals surface area contributed by atoms with Gasteiger partial charge < -0.3 is 25.0 Å². The van der Waals surface area contributed by atoms with Crippen molar-refractivity contribution in [3.63, 3.8) is 0 Å². The molecule has 0 saturated carbocycles. The van der Waals surface area contributed by atoms with Crippen LogP contribution in [-0.2, 0) is 11.8 Å². The van der Waals surface area contributed by atoms with Crippen LogP contribution in [0.25, 0.3) is 28.4 Å². The highest BCUT2D eigenvalue weighted by Gasteiger charge is 2.53. The van der Waals surface area contributed by atoms with Crippen molar-refractivity contribution in [1.29, 1.82) is 0 Å². The highest BCUT2D eigenvalue weighted by molar-refractivity contribution is 5.94. The van der Waals surface area contributed by atoms with Crippen molar-refractivity contribution < 1.29 is 20.1 Å². The number of aromatic hydroxyl groups is 1. The predicted molar refractivity (Wildman–Crippen MR) is 156 cm³/mol. The van der Waals surface area contributed by atoms with Crippen LogP contribution < -0.4 is 42.4 Å². The van der Waals surface area contributed by atoms with E-state index in [1.807, 2.05) is 13.0 Å². The Kier molecular flexibility index (Phi) is 5.89. The van der Waals surface area contributed by atoms with Crippen LogP contribution in [0.5, 0.6) is 11.5 Å². The molecule has 2 aromatic rings. The first-order chi connectivity index (χ1) is 20.1. The molecule has 6 rings (SSSR count). The number of pyridine rings is 1. The summed E-state index contributed by atoms with van der Waals surface area (Å²) in [6.45, 7) is 5.16. The Bertz CT molecular complexity index is 2430. The molecule has 4 aliphatic rings. The van der Waals surface area contributed by atoms with E-state index in [0.29, 0.717) is 16.6 Å². The van der Waals surface area contributed by atoms with E-state index in [1.165, 1.54) is 6.08 Å². The maximum absolute atomic E-state index is 13.7. The van der Waals surface area contributed by atoms with Crippen molar-refractivity contribution in [2.45, 2.75) is 25.2 Å². The molecule has 0 aliphatic heterocycles. The lowest BCUT2D eigenvalue weighted by molar-refractivity contribution is 0.359. The van der Waals surface area contributed by atoms with Gasteiger partial charge in [0.2, 0.25) is 16.3 Å². The first kappa shape index (κ1) is 26.7. The van der Waals surface area contributed by atoms with Crippen LogP contribution in [0.15, 0.2) is 73.1 Å². The monoisotopic (exact) mass is 565 g/mol. The zero-order chi connectivity index (χ0) is 30.1. The molecule has 0 radical (unpaired) electrons. The van der Waals surface area contributed by atoms with Crippen molar-refractivity contribution in [3.05, 3.63) is 138 Å². The topological polar surface area (TPSA) is 171 Å². The third-order valence-corrected chi connectivity index (χ3v) is 7.99.